The maximum absolute atomic E-state index is 12.1. The van der Waals surface area contributed by atoms with Crippen molar-refractivity contribution in [3.05, 3.63) is 196 Å². The zero-order valence-electron chi connectivity index (χ0n) is 49.8. The zero-order chi connectivity index (χ0) is 58.5. The number of benzene rings is 6. The van der Waals surface area contributed by atoms with Crippen molar-refractivity contribution < 1.29 is 39.5 Å². The minimum Gasteiger partial charge on any atom is -0.493 e. The highest BCUT2D eigenvalue weighted by molar-refractivity contribution is 7.91. The summed E-state index contributed by atoms with van der Waals surface area (Å²) in [5.41, 5.74) is 10.1. The molecular formula is C70H92O9S3. The summed E-state index contributed by atoms with van der Waals surface area (Å²) in [6.45, 7) is 11.2. The van der Waals surface area contributed by atoms with Crippen molar-refractivity contribution in [2.24, 2.45) is 5.92 Å². The summed E-state index contributed by atoms with van der Waals surface area (Å²) < 4.78 is 90.2. The summed E-state index contributed by atoms with van der Waals surface area (Å²) in [5.74, 6) is 4.04. The lowest BCUT2D eigenvalue weighted by atomic mass is 9.97. The highest BCUT2D eigenvalue weighted by Crippen LogP contribution is 2.30. The zero-order valence-corrected chi connectivity index (χ0v) is 52.2. The molecule has 6 aromatic carbocycles. The smallest absolute Gasteiger partial charge is 0.156 e. The maximum Gasteiger partial charge on any atom is 0.156 e. The lowest BCUT2D eigenvalue weighted by molar-refractivity contribution is 0.155. The van der Waals surface area contributed by atoms with E-state index in [9.17, 15) is 25.3 Å². The molecule has 0 unspecified atom stereocenters. The van der Waals surface area contributed by atoms with Gasteiger partial charge in [0.1, 0.15) is 17.2 Å². The second-order valence-corrected chi connectivity index (χ2v) is 31.6. The predicted octanol–water partition coefficient (Wildman–Crippen LogP) is 15.6. The van der Waals surface area contributed by atoms with Crippen LogP contribution < -0.4 is 14.2 Å². The van der Waals surface area contributed by atoms with Crippen LogP contribution in [0.1, 0.15) is 169 Å². The summed E-state index contributed by atoms with van der Waals surface area (Å²) in [4.78, 5) is 0. The molecule has 444 valence electrons. The van der Waals surface area contributed by atoms with E-state index in [0.29, 0.717) is 12.2 Å². The molecular weight excluding hydrogens is 1080 g/mol. The Bertz CT molecular complexity index is 3170. The van der Waals surface area contributed by atoms with Crippen LogP contribution in [0.25, 0.3) is 0 Å². The van der Waals surface area contributed by atoms with Crippen LogP contribution in [0, 0.1) is 5.92 Å². The number of hydrogen-bond acceptors (Lipinski definition) is 9. The van der Waals surface area contributed by atoms with Gasteiger partial charge in [0.25, 0.3) is 0 Å². The standard InChI is InChI=1S/2C24H32O3S.C22H28O3S/c1-19(2)28(25,26)18-22-15-12-20(13-16-22)11-14-21-7-6-10-24(17-21)27-23-8-4-3-5-9-23;1-19(2)28(25,26)18-22-12-10-20(11-13-22)8-9-21-14-16-24(17-15-21)27-23-6-4-3-5-7-23;1-17(2)26(23,24)16-21-9-5-18(6-10-21)3-4-19-11-13-22(14-12-19)25-15-20-7-8-20/h6-7,10,12-13,15-17,19,23H,3-5,8-9,11,14,18H2,1-2H3;10-17,19,23H,3-9,18H2,1-2H3;5-6,9-14,17,20H,3-4,7-8,15-16H2,1-2H3. The molecule has 0 aliphatic heterocycles. The van der Waals surface area contributed by atoms with E-state index in [1.54, 1.807) is 41.5 Å². The van der Waals surface area contributed by atoms with Gasteiger partial charge >= 0.3 is 0 Å². The van der Waals surface area contributed by atoms with E-state index < -0.39 is 29.5 Å². The predicted molar refractivity (Wildman–Crippen MR) is 337 cm³/mol. The second-order valence-electron chi connectivity index (χ2n) is 24.0. The van der Waals surface area contributed by atoms with Gasteiger partial charge in [-0.15, -0.1) is 0 Å². The van der Waals surface area contributed by atoms with Gasteiger partial charge in [-0.3, -0.25) is 0 Å². The maximum atomic E-state index is 12.1. The van der Waals surface area contributed by atoms with Crippen LogP contribution in [0.3, 0.4) is 0 Å². The molecule has 82 heavy (non-hydrogen) atoms. The van der Waals surface area contributed by atoms with E-state index in [1.807, 2.05) is 72.8 Å². The second kappa shape index (κ2) is 31.5. The fraction of sp³-hybridized carbons (Fsp3) is 0.486. The van der Waals surface area contributed by atoms with E-state index in [2.05, 4.69) is 72.8 Å². The molecule has 6 aromatic rings. The first-order valence-electron chi connectivity index (χ1n) is 30.4. The normalized spacial score (nSPS) is 15.3. The lowest BCUT2D eigenvalue weighted by Crippen LogP contribution is -2.19. The molecule has 0 radical (unpaired) electrons. The molecule has 3 aliphatic rings. The van der Waals surface area contributed by atoms with E-state index in [4.69, 9.17) is 14.2 Å². The van der Waals surface area contributed by atoms with Crippen molar-refractivity contribution in [2.45, 2.75) is 202 Å². The molecule has 0 amide bonds. The summed E-state index contributed by atoms with van der Waals surface area (Å²) in [6, 6.07) is 49.2. The van der Waals surface area contributed by atoms with E-state index in [-0.39, 0.29) is 33.0 Å². The van der Waals surface area contributed by atoms with Crippen molar-refractivity contribution in [3.8, 4) is 17.2 Å². The third-order valence-electron chi connectivity index (χ3n) is 16.1. The van der Waals surface area contributed by atoms with E-state index >= 15 is 0 Å². The average molecular weight is 1170 g/mol. The largest absolute Gasteiger partial charge is 0.493 e. The van der Waals surface area contributed by atoms with Crippen LogP contribution in [0.2, 0.25) is 0 Å². The number of ether oxygens (including phenoxy) is 3. The number of rotatable bonds is 25. The molecule has 9 nitrogen and oxygen atoms in total. The van der Waals surface area contributed by atoms with Crippen molar-refractivity contribution >= 4 is 29.5 Å². The Kier molecular flexibility index (Phi) is 24.6. The summed E-state index contributed by atoms with van der Waals surface area (Å²) >= 11 is 0. The molecule has 3 aliphatic carbocycles. The van der Waals surface area contributed by atoms with Crippen LogP contribution in [-0.2, 0) is 85.3 Å². The number of hydrogen-bond donors (Lipinski definition) is 0. The van der Waals surface area contributed by atoms with Crippen molar-refractivity contribution in [3.63, 3.8) is 0 Å². The summed E-state index contributed by atoms with van der Waals surface area (Å²) in [6.07, 6.45) is 21.6. The molecule has 0 saturated heterocycles. The Balaban J connectivity index is 0.000000177. The molecule has 12 heteroatoms. The highest BCUT2D eigenvalue weighted by Gasteiger charge is 2.23. The molecule has 0 bridgehead atoms. The molecule has 3 fully saturated rings. The van der Waals surface area contributed by atoms with Gasteiger partial charge in [-0.2, -0.15) is 0 Å². The Morgan fingerprint density at radius 2 is 0.646 bits per heavy atom. The first kappa shape index (κ1) is 64.1. The van der Waals surface area contributed by atoms with Crippen LogP contribution >= 0.6 is 0 Å². The molecule has 3 saturated carbocycles. The molecule has 0 N–H and O–H groups in total. The van der Waals surface area contributed by atoms with E-state index in [1.165, 1.54) is 110 Å². The summed E-state index contributed by atoms with van der Waals surface area (Å²) in [5, 5.41) is -1.01. The molecule has 0 aromatic heterocycles. The highest BCUT2D eigenvalue weighted by atomic mass is 32.2. The van der Waals surface area contributed by atoms with Gasteiger partial charge in [0, 0.05) is 0 Å². The van der Waals surface area contributed by atoms with Crippen LogP contribution in [0.15, 0.2) is 146 Å². The van der Waals surface area contributed by atoms with Crippen molar-refractivity contribution in [1.82, 2.24) is 0 Å². The lowest BCUT2D eigenvalue weighted by Gasteiger charge is -2.23. The van der Waals surface area contributed by atoms with Gasteiger partial charge in [0.15, 0.2) is 29.5 Å². The van der Waals surface area contributed by atoms with Crippen molar-refractivity contribution in [1.29, 1.82) is 0 Å². The Hall–Kier alpha value is -5.43. The third kappa shape index (κ3) is 22.3. The minimum atomic E-state index is -3.05. The number of aryl methyl sites for hydroxylation is 6. The van der Waals surface area contributed by atoms with Gasteiger partial charge < -0.3 is 14.2 Å². The fourth-order valence-electron chi connectivity index (χ4n) is 9.98. The van der Waals surface area contributed by atoms with Gasteiger partial charge in [0.05, 0.1) is 51.8 Å². The first-order valence-corrected chi connectivity index (χ1v) is 35.5. The molecule has 0 spiro atoms. The Labute approximate surface area is 493 Å². The van der Waals surface area contributed by atoms with Gasteiger partial charge in [-0.25, -0.2) is 25.3 Å². The Morgan fingerprint density at radius 3 is 0.988 bits per heavy atom. The quantitative estimate of drug-likeness (QED) is 0.0550. The fourth-order valence-corrected chi connectivity index (χ4v) is 13.0. The molecule has 9 rings (SSSR count). The van der Waals surface area contributed by atoms with Crippen LogP contribution in [-0.4, -0.2) is 59.8 Å². The van der Waals surface area contributed by atoms with Gasteiger partial charge in [0.2, 0.25) is 0 Å². The minimum absolute atomic E-state index is 0.117. The van der Waals surface area contributed by atoms with Gasteiger partial charge in [-0.05, 0) is 237 Å². The molecule has 0 atom stereocenters. The topological polar surface area (TPSA) is 130 Å². The first-order chi connectivity index (χ1) is 39.3. The summed E-state index contributed by atoms with van der Waals surface area (Å²) in [7, 11) is -9.14. The SMILES string of the molecule is CC(C)S(=O)(=O)Cc1ccc(CCc2ccc(OC3CCCCC3)cc2)cc1.CC(C)S(=O)(=O)Cc1ccc(CCc2ccc(OCC3CC3)cc2)cc1.CC(C)S(=O)(=O)Cc1ccc(CCc2cccc(OC3CCCCC3)c2)cc1. The average Bonchev–Trinajstić information content (AvgIpc) is 4.37. The Morgan fingerprint density at radius 1 is 0.341 bits per heavy atom. The van der Waals surface area contributed by atoms with Gasteiger partial charge in [-0.1, -0.05) is 122 Å². The van der Waals surface area contributed by atoms with Crippen LogP contribution in [0.4, 0.5) is 0 Å². The van der Waals surface area contributed by atoms with Crippen molar-refractivity contribution in [2.75, 3.05) is 6.61 Å². The molecule has 0 heterocycles. The van der Waals surface area contributed by atoms with E-state index in [0.717, 1.165) is 85.0 Å². The third-order valence-corrected chi connectivity index (χ3v) is 22.6. The monoisotopic (exact) mass is 1170 g/mol. The number of sulfone groups is 3. The van der Waals surface area contributed by atoms with Crippen LogP contribution in [0.5, 0.6) is 17.2 Å².